The molecule has 1 amide bonds. The van der Waals surface area contributed by atoms with E-state index < -0.39 is 17.8 Å². The van der Waals surface area contributed by atoms with Gasteiger partial charge in [-0.15, -0.1) is 0 Å². The highest BCUT2D eigenvalue weighted by molar-refractivity contribution is 5.75. The number of benzene rings is 1. The Morgan fingerprint density at radius 3 is 2.69 bits per heavy atom. The normalized spacial score (nSPS) is 11.9. The van der Waals surface area contributed by atoms with E-state index in [-0.39, 0.29) is 12.3 Å². The summed E-state index contributed by atoms with van der Waals surface area (Å²) in [4.78, 5) is 21.5. The van der Waals surface area contributed by atoms with E-state index >= 15 is 0 Å². The van der Waals surface area contributed by atoms with Gasteiger partial charge in [-0.25, -0.2) is 4.39 Å². The number of carbonyl (C=O) groups is 2. The largest absolute Gasteiger partial charge is 0.481 e. The summed E-state index contributed by atoms with van der Waals surface area (Å²) in [5.74, 6) is -1.86. The van der Waals surface area contributed by atoms with Crippen LogP contribution in [0.5, 0.6) is 0 Å². The van der Waals surface area contributed by atoms with Gasteiger partial charge in [-0.1, -0.05) is 12.1 Å². The van der Waals surface area contributed by atoms with E-state index in [9.17, 15) is 14.0 Å². The molecular formula is C11H12FNO3. The SMILES string of the molecule is CC(=O)N[C@@H](CC(=O)O)c1cccc(F)c1. The lowest BCUT2D eigenvalue weighted by atomic mass is 10.0. The van der Waals surface area contributed by atoms with Crippen LogP contribution in [0.1, 0.15) is 24.9 Å². The van der Waals surface area contributed by atoms with E-state index in [1.165, 1.54) is 25.1 Å². The van der Waals surface area contributed by atoms with Crippen LogP contribution in [-0.2, 0) is 9.59 Å². The number of nitrogens with one attached hydrogen (secondary N) is 1. The molecule has 0 aliphatic rings. The quantitative estimate of drug-likeness (QED) is 0.815. The zero-order valence-corrected chi connectivity index (χ0v) is 8.74. The van der Waals surface area contributed by atoms with E-state index in [1.54, 1.807) is 6.07 Å². The Hall–Kier alpha value is -1.91. The summed E-state index contributed by atoms with van der Waals surface area (Å²) >= 11 is 0. The third kappa shape index (κ3) is 3.68. The first kappa shape index (κ1) is 12.2. The molecule has 0 unspecified atom stereocenters. The maximum atomic E-state index is 12.9. The van der Waals surface area contributed by atoms with Crippen LogP contribution in [0.15, 0.2) is 24.3 Å². The molecule has 0 heterocycles. The fraction of sp³-hybridized carbons (Fsp3) is 0.273. The first-order chi connectivity index (χ1) is 7.49. The van der Waals surface area contributed by atoms with Gasteiger partial charge in [0, 0.05) is 6.92 Å². The monoisotopic (exact) mass is 225 g/mol. The lowest BCUT2D eigenvalue weighted by Gasteiger charge is -2.16. The van der Waals surface area contributed by atoms with Crippen molar-refractivity contribution < 1.29 is 19.1 Å². The van der Waals surface area contributed by atoms with Crippen molar-refractivity contribution in [1.82, 2.24) is 5.32 Å². The van der Waals surface area contributed by atoms with E-state index in [0.717, 1.165) is 0 Å². The van der Waals surface area contributed by atoms with Gasteiger partial charge in [0.25, 0.3) is 0 Å². The minimum Gasteiger partial charge on any atom is -0.481 e. The Morgan fingerprint density at radius 1 is 1.50 bits per heavy atom. The van der Waals surface area contributed by atoms with Gasteiger partial charge in [0.15, 0.2) is 0 Å². The van der Waals surface area contributed by atoms with Gasteiger partial charge in [0.2, 0.25) is 5.91 Å². The van der Waals surface area contributed by atoms with Crippen molar-refractivity contribution in [3.05, 3.63) is 35.6 Å². The second-order valence-electron chi connectivity index (χ2n) is 3.41. The average molecular weight is 225 g/mol. The number of carbonyl (C=O) groups excluding carboxylic acids is 1. The van der Waals surface area contributed by atoms with E-state index in [0.29, 0.717) is 5.56 Å². The van der Waals surface area contributed by atoms with Gasteiger partial charge in [-0.3, -0.25) is 9.59 Å². The van der Waals surface area contributed by atoms with Crippen LogP contribution in [0.3, 0.4) is 0 Å². The summed E-state index contributed by atoms with van der Waals surface area (Å²) in [6.45, 7) is 1.29. The molecule has 1 aromatic rings. The van der Waals surface area contributed by atoms with Crippen LogP contribution in [0.25, 0.3) is 0 Å². The smallest absolute Gasteiger partial charge is 0.305 e. The number of carboxylic acids is 1. The van der Waals surface area contributed by atoms with Gasteiger partial charge in [-0.05, 0) is 17.7 Å². The molecule has 1 rings (SSSR count). The highest BCUT2D eigenvalue weighted by Gasteiger charge is 2.16. The van der Waals surface area contributed by atoms with Crippen molar-refractivity contribution in [1.29, 1.82) is 0 Å². The Morgan fingerprint density at radius 2 is 2.19 bits per heavy atom. The third-order valence-corrected chi connectivity index (χ3v) is 2.01. The second-order valence-corrected chi connectivity index (χ2v) is 3.41. The second kappa shape index (κ2) is 5.25. The van der Waals surface area contributed by atoms with Crippen LogP contribution < -0.4 is 5.32 Å². The van der Waals surface area contributed by atoms with Crippen LogP contribution in [-0.4, -0.2) is 17.0 Å². The summed E-state index contributed by atoms with van der Waals surface area (Å²) in [5, 5.41) is 11.2. The topological polar surface area (TPSA) is 66.4 Å². The first-order valence-corrected chi connectivity index (χ1v) is 4.73. The van der Waals surface area contributed by atoms with Gasteiger partial charge >= 0.3 is 5.97 Å². The minimum absolute atomic E-state index is 0.275. The summed E-state index contributed by atoms with van der Waals surface area (Å²) < 4.78 is 12.9. The predicted octanol–water partition coefficient (Wildman–Crippen LogP) is 1.48. The molecule has 0 saturated carbocycles. The van der Waals surface area contributed by atoms with Crippen molar-refractivity contribution in [2.45, 2.75) is 19.4 Å². The number of aliphatic carboxylic acids is 1. The third-order valence-electron chi connectivity index (χ3n) is 2.01. The molecular weight excluding hydrogens is 213 g/mol. The van der Waals surface area contributed by atoms with Crippen LogP contribution >= 0.6 is 0 Å². The maximum absolute atomic E-state index is 12.9. The molecule has 0 radical (unpaired) electrons. The van der Waals surface area contributed by atoms with Crippen LogP contribution in [0.2, 0.25) is 0 Å². The average Bonchev–Trinajstić information content (AvgIpc) is 2.15. The van der Waals surface area contributed by atoms with Crippen molar-refractivity contribution in [2.75, 3.05) is 0 Å². The Kier molecular flexibility index (Phi) is 3.99. The Labute approximate surface area is 92.1 Å². The summed E-state index contributed by atoms with van der Waals surface area (Å²) in [7, 11) is 0. The number of hydrogen-bond donors (Lipinski definition) is 2. The van der Waals surface area contributed by atoms with Crippen molar-refractivity contribution >= 4 is 11.9 Å². The zero-order chi connectivity index (χ0) is 12.1. The molecule has 0 aliphatic heterocycles. The number of rotatable bonds is 4. The fourth-order valence-corrected chi connectivity index (χ4v) is 1.40. The molecule has 1 aromatic carbocycles. The summed E-state index contributed by atoms with van der Waals surface area (Å²) in [5.41, 5.74) is 0.442. The molecule has 4 nitrogen and oxygen atoms in total. The molecule has 2 N–H and O–H groups in total. The predicted molar refractivity (Wildman–Crippen MR) is 55.2 cm³/mol. The van der Waals surface area contributed by atoms with Crippen LogP contribution in [0.4, 0.5) is 4.39 Å². The standard InChI is InChI=1S/C11H12FNO3/c1-7(14)13-10(6-11(15)16)8-3-2-4-9(12)5-8/h2-5,10H,6H2,1H3,(H,13,14)(H,15,16)/t10-/m0/s1. The first-order valence-electron chi connectivity index (χ1n) is 4.73. The molecule has 0 aromatic heterocycles. The molecule has 0 saturated heterocycles. The lowest BCUT2D eigenvalue weighted by molar-refractivity contribution is -0.137. The minimum atomic E-state index is -1.05. The Balaban J connectivity index is 2.90. The van der Waals surface area contributed by atoms with Crippen molar-refractivity contribution in [3.8, 4) is 0 Å². The van der Waals surface area contributed by atoms with Crippen molar-refractivity contribution in [3.63, 3.8) is 0 Å². The molecule has 0 aliphatic carbocycles. The number of halogens is 1. The zero-order valence-electron chi connectivity index (χ0n) is 8.74. The van der Waals surface area contributed by atoms with E-state index in [1.807, 2.05) is 0 Å². The van der Waals surface area contributed by atoms with E-state index in [4.69, 9.17) is 5.11 Å². The number of carboxylic acid groups (broad SMARTS) is 1. The molecule has 1 atom stereocenters. The highest BCUT2D eigenvalue weighted by Crippen LogP contribution is 2.17. The molecule has 86 valence electrons. The summed E-state index contributed by atoms with van der Waals surface area (Å²) in [6, 6.07) is 4.82. The van der Waals surface area contributed by atoms with Crippen LogP contribution in [0, 0.1) is 5.82 Å². The fourth-order valence-electron chi connectivity index (χ4n) is 1.40. The Bertz CT molecular complexity index is 390. The maximum Gasteiger partial charge on any atom is 0.305 e. The van der Waals surface area contributed by atoms with Gasteiger partial charge in [0.1, 0.15) is 5.82 Å². The number of amides is 1. The lowest BCUT2D eigenvalue weighted by Crippen LogP contribution is -2.28. The molecule has 5 heteroatoms. The molecule has 0 fully saturated rings. The summed E-state index contributed by atoms with van der Waals surface area (Å²) in [6.07, 6.45) is -0.275. The number of hydrogen-bond acceptors (Lipinski definition) is 2. The highest BCUT2D eigenvalue weighted by atomic mass is 19.1. The molecule has 16 heavy (non-hydrogen) atoms. The van der Waals surface area contributed by atoms with Gasteiger partial charge in [0.05, 0.1) is 12.5 Å². The van der Waals surface area contributed by atoms with Gasteiger partial charge in [-0.2, -0.15) is 0 Å². The van der Waals surface area contributed by atoms with Crippen molar-refractivity contribution in [2.24, 2.45) is 0 Å². The van der Waals surface area contributed by atoms with Gasteiger partial charge < -0.3 is 10.4 Å². The molecule has 0 spiro atoms. The van der Waals surface area contributed by atoms with E-state index in [2.05, 4.69) is 5.32 Å². The molecule has 0 bridgehead atoms.